The first-order valence-electron chi connectivity index (χ1n) is 5.68. The highest BCUT2D eigenvalue weighted by atomic mass is 16.1. The van der Waals surface area contributed by atoms with Gasteiger partial charge in [-0.05, 0) is 34.2 Å². The van der Waals surface area contributed by atoms with Gasteiger partial charge in [0, 0.05) is 25.2 Å². The first-order valence-corrected chi connectivity index (χ1v) is 5.68. The molecular formula is C11H23N3O. The van der Waals surface area contributed by atoms with Gasteiger partial charge in [0.05, 0.1) is 6.04 Å². The molecule has 0 aliphatic carbocycles. The number of amides is 1. The minimum Gasteiger partial charge on any atom is -0.368 e. The summed E-state index contributed by atoms with van der Waals surface area (Å²) in [6.07, 6.45) is 1.13. The third kappa shape index (κ3) is 2.92. The van der Waals surface area contributed by atoms with E-state index >= 15 is 0 Å². The van der Waals surface area contributed by atoms with Crippen molar-refractivity contribution in [3.05, 3.63) is 0 Å². The Morgan fingerprint density at radius 2 is 2.07 bits per heavy atom. The maximum absolute atomic E-state index is 11.1. The molecule has 1 fully saturated rings. The quantitative estimate of drug-likeness (QED) is 0.729. The first kappa shape index (κ1) is 12.5. The molecule has 1 heterocycles. The molecule has 1 rings (SSSR count). The summed E-state index contributed by atoms with van der Waals surface area (Å²) >= 11 is 0. The molecule has 0 aromatic rings. The van der Waals surface area contributed by atoms with Gasteiger partial charge in [-0.3, -0.25) is 14.6 Å². The smallest absolute Gasteiger partial charge is 0.234 e. The Morgan fingerprint density at radius 3 is 2.47 bits per heavy atom. The van der Waals surface area contributed by atoms with E-state index in [0.29, 0.717) is 12.1 Å². The molecule has 0 radical (unpaired) electrons. The third-order valence-electron chi connectivity index (χ3n) is 3.52. The van der Waals surface area contributed by atoms with Crippen molar-refractivity contribution in [2.75, 3.05) is 20.1 Å². The number of nitrogens with two attached hydrogens (primary N) is 1. The average molecular weight is 213 g/mol. The summed E-state index contributed by atoms with van der Waals surface area (Å²) < 4.78 is 0. The van der Waals surface area contributed by atoms with Gasteiger partial charge in [-0.25, -0.2) is 0 Å². The van der Waals surface area contributed by atoms with E-state index in [9.17, 15) is 4.79 Å². The van der Waals surface area contributed by atoms with Crippen molar-refractivity contribution in [2.45, 2.75) is 45.3 Å². The number of nitrogens with zero attached hydrogens (tertiary/aromatic N) is 2. The molecule has 0 spiro atoms. The minimum absolute atomic E-state index is 0.165. The van der Waals surface area contributed by atoms with E-state index in [1.807, 2.05) is 14.0 Å². The van der Waals surface area contributed by atoms with Crippen LogP contribution in [-0.4, -0.2) is 54.0 Å². The van der Waals surface area contributed by atoms with Gasteiger partial charge < -0.3 is 5.73 Å². The van der Waals surface area contributed by atoms with E-state index in [4.69, 9.17) is 5.73 Å². The lowest BCUT2D eigenvalue weighted by Crippen LogP contribution is -2.47. The van der Waals surface area contributed by atoms with Crippen LogP contribution in [0.4, 0.5) is 0 Å². The van der Waals surface area contributed by atoms with Gasteiger partial charge in [0.15, 0.2) is 0 Å². The summed E-state index contributed by atoms with van der Waals surface area (Å²) in [6.45, 7) is 8.46. The van der Waals surface area contributed by atoms with Crippen molar-refractivity contribution in [3.63, 3.8) is 0 Å². The highest BCUT2D eigenvalue weighted by Crippen LogP contribution is 2.18. The molecule has 0 bridgehead atoms. The van der Waals surface area contributed by atoms with Crippen LogP contribution in [0.2, 0.25) is 0 Å². The highest BCUT2D eigenvalue weighted by Gasteiger charge is 2.30. The van der Waals surface area contributed by atoms with Gasteiger partial charge in [-0.1, -0.05) is 0 Å². The van der Waals surface area contributed by atoms with Crippen molar-refractivity contribution in [2.24, 2.45) is 5.73 Å². The number of hydrogen-bond donors (Lipinski definition) is 1. The van der Waals surface area contributed by atoms with Crippen LogP contribution in [0.3, 0.4) is 0 Å². The van der Waals surface area contributed by atoms with Gasteiger partial charge in [-0.15, -0.1) is 0 Å². The van der Waals surface area contributed by atoms with Gasteiger partial charge in [0.1, 0.15) is 0 Å². The molecule has 2 N–H and O–H groups in total. The van der Waals surface area contributed by atoms with Crippen LogP contribution >= 0.6 is 0 Å². The average Bonchev–Trinajstić information content (AvgIpc) is 2.64. The Kier molecular flexibility index (Phi) is 4.11. The Bertz CT molecular complexity index is 230. The lowest BCUT2D eigenvalue weighted by molar-refractivity contribution is -0.122. The monoisotopic (exact) mass is 213 g/mol. The predicted molar refractivity (Wildman–Crippen MR) is 61.5 cm³/mol. The number of carbonyl (C=O) groups is 1. The van der Waals surface area contributed by atoms with E-state index in [1.165, 1.54) is 0 Å². The van der Waals surface area contributed by atoms with Crippen molar-refractivity contribution < 1.29 is 4.79 Å². The van der Waals surface area contributed by atoms with Crippen molar-refractivity contribution in [1.29, 1.82) is 0 Å². The maximum atomic E-state index is 11.1. The second-order valence-corrected chi connectivity index (χ2v) is 4.77. The molecule has 1 saturated heterocycles. The zero-order valence-electron chi connectivity index (χ0n) is 10.2. The van der Waals surface area contributed by atoms with E-state index < -0.39 is 0 Å². The van der Waals surface area contributed by atoms with Gasteiger partial charge in [-0.2, -0.15) is 0 Å². The molecule has 15 heavy (non-hydrogen) atoms. The molecule has 4 heteroatoms. The van der Waals surface area contributed by atoms with Gasteiger partial charge in [0.25, 0.3) is 0 Å². The zero-order chi connectivity index (χ0) is 11.6. The molecule has 0 aromatic carbocycles. The minimum atomic E-state index is -0.236. The van der Waals surface area contributed by atoms with E-state index in [2.05, 4.69) is 23.6 Å². The van der Waals surface area contributed by atoms with Crippen LogP contribution in [-0.2, 0) is 4.79 Å². The molecule has 0 saturated carbocycles. The summed E-state index contributed by atoms with van der Waals surface area (Å²) in [7, 11) is 1.99. The Labute approximate surface area is 92.4 Å². The standard InChI is InChI=1S/C11H23N3O/c1-8(2)14-6-5-10(7-14)13(4)9(3)11(12)15/h8-10H,5-7H2,1-4H3,(H2,12,15). The fraction of sp³-hybridized carbons (Fsp3) is 0.909. The Balaban J connectivity index is 2.49. The lowest BCUT2D eigenvalue weighted by Gasteiger charge is -2.29. The van der Waals surface area contributed by atoms with Crippen molar-refractivity contribution in [3.8, 4) is 0 Å². The summed E-state index contributed by atoms with van der Waals surface area (Å²) in [5.74, 6) is -0.236. The van der Waals surface area contributed by atoms with Crippen LogP contribution < -0.4 is 5.73 Å². The normalized spacial score (nSPS) is 25.1. The molecule has 2 atom stereocenters. The van der Waals surface area contributed by atoms with Gasteiger partial charge in [0.2, 0.25) is 5.91 Å². The third-order valence-corrected chi connectivity index (χ3v) is 3.52. The summed E-state index contributed by atoms with van der Waals surface area (Å²) in [5, 5.41) is 0. The molecule has 88 valence electrons. The van der Waals surface area contributed by atoms with Crippen molar-refractivity contribution in [1.82, 2.24) is 9.80 Å². The second kappa shape index (κ2) is 4.94. The molecule has 1 aliphatic rings. The van der Waals surface area contributed by atoms with Crippen LogP contribution in [0.5, 0.6) is 0 Å². The summed E-state index contributed by atoms with van der Waals surface area (Å²) in [6, 6.07) is 0.893. The van der Waals surface area contributed by atoms with Crippen LogP contribution in [0, 0.1) is 0 Å². The second-order valence-electron chi connectivity index (χ2n) is 4.77. The summed E-state index contributed by atoms with van der Waals surface area (Å²) in [4.78, 5) is 15.6. The van der Waals surface area contributed by atoms with Crippen LogP contribution in [0.25, 0.3) is 0 Å². The number of primary amides is 1. The predicted octanol–water partition coefficient (Wildman–Crippen LogP) is 0.275. The highest BCUT2D eigenvalue weighted by molar-refractivity contribution is 5.79. The first-order chi connectivity index (χ1) is 6.93. The number of likely N-dealkylation sites (tertiary alicyclic amines) is 1. The molecule has 1 aliphatic heterocycles. The van der Waals surface area contributed by atoms with Crippen LogP contribution in [0.1, 0.15) is 27.2 Å². The fourth-order valence-electron chi connectivity index (χ4n) is 2.09. The maximum Gasteiger partial charge on any atom is 0.234 e. The van der Waals surface area contributed by atoms with E-state index in [-0.39, 0.29) is 11.9 Å². The molecular weight excluding hydrogens is 190 g/mol. The number of rotatable bonds is 4. The Morgan fingerprint density at radius 1 is 1.47 bits per heavy atom. The van der Waals surface area contributed by atoms with Gasteiger partial charge >= 0.3 is 0 Å². The lowest BCUT2D eigenvalue weighted by atomic mass is 10.2. The molecule has 2 unspecified atom stereocenters. The number of hydrogen-bond acceptors (Lipinski definition) is 3. The van der Waals surface area contributed by atoms with Crippen molar-refractivity contribution >= 4 is 5.91 Å². The van der Waals surface area contributed by atoms with E-state index in [0.717, 1.165) is 19.5 Å². The zero-order valence-corrected chi connectivity index (χ0v) is 10.2. The van der Waals surface area contributed by atoms with Crippen LogP contribution in [0.15, 0.2) is 0 Å². The number of likely N-dealkylation sites (N-methyl/N-ethyl adjacent to an activating group) is 1. The van der Waals surface area contributed by atoms with E-state index in [1.54, 1.807) is 0 Å². The molecule has 1 amide bonds. The topological polar surface area (TPSA) is 49.6 Å². The molecule has 0 aromatic heterocycles. The number of carbonyl (C=O) groups excluding carboxylic acids is 1. The fourth-order valence-corrected chi connectivity index (χ4v) is 2.09. The largest absolute Gasteiger partial charge is 0.368 e. The molecule has 4 nitrogen and oxygen atoms in total. The summed E-state index contributed by atoms with van der Waals surface area (Å²) in [5.41, 5.74) is 5.30. The Hall–Kier alpha value is -0.610. The SMILES string of the molecule is CC(C)N1CCC(N(C)C(C)C(N)=O)C1.